The second-order valence-corrected chi connectivity index (χ2v) is 6.48. The summed E-state index contributed by atoms with van der Waals surface area (Å²) in [4.78, 5) is 13.9. The van der Waals surface area contributed by atoms with E-state index in [-0.39, 0.29) is 0 Å². The summed E-state index contributed by atoms with van der Waals surface area (Å²) >= 11 is 0. The monoisotopic (exact) mass is 268 g/mol. The van der Waals surface area contributed by atoms with Crippen LogP contribution < -0.4 is 5.32 Å². The minimum atomic E-state index is -0.760. The highest BCUT2D eigenvalue weighted by Crippen LogP contribution is 2.37. The number of likely N-dealkylation sites (tertiary alicyclic amines) is 1. The third kappa shape index (κ3) is 3.48. The van der Waals surface area contributed by atoms with Crippen molar-refractivity contribution < 1.29 is 9.90 Å². The van der Waals surface area contributed by atoms with E-state index in [0.29, 0.717) is 13.0 Å². The number of carbonyl (C=O) groups is 1. The fourth-order valence-electron chi connectivity index (χ4n) is 3.83. The second-order valence-electron chi connectivity index (χ2n) is 6.48. The van der Waals surface area contributed by atoms with Crippen molar-refractivity contribution in [2.45, 2.75) is 51.5 Å². The van der Waals surface area contributed by atoms with Crippen LogP contribution in [0, 0.1) is 11.8 Å². The van der Waals surface area contributed by atoms with Gasteiger partial charge in [-0.15, -0.1) is 0 Å². The van der Waals surface area contributed by atoms with Gasteiger partial charge in [-0.1, -0.05) is 13.3 Å². The van der Waals surface area contributed by atoms with Gasteiger partial charge in [0.15, 0.2) is 0 Å². The molecule has 4 heteroatoms. The van der Waals surface area contributed by atoms with Crippen LogP contribution in [0.15, 0.2) is 0 Å². The molecule has 0 radical (unpaired) electrons. The van der Waals surface area contributed by atoms with Crippen molar-refractivity contribution in [2.24, 2.45) is 11.8 Å². The Kier molecular flexibility index (Phi) is 4.85. The average Bonchev–Trinajstić information content (AvgIpc) is 2.89. The molecule has 2 N–H and O–H groups in total. The van der Waals surface area contributed by atoms with Crippen LogP contribution in [0.4, 0.5) is 0 Å². The van der Waals surface area contributed by atoms with Crippen molar-refractivity contribution in [1.29, 1.82) is 0 Å². The smallest absolute Gasteiger partial charge is 0.323 e. The van der Waals surface area contributed by atoms with Gasteiger partial charge in [-0.05, 0) is 57.5 Å². The molecule has 0 amide bonds. The van der Waals surface area contributed by atoms with Gasteiger partial charge in [0.2, 0.25) is 0 Å². The minimum absolute atomic E-state index is 0.705. The topological polar surface area (TPSA) is 52.6 Å². The largest absolute Gasteiger partial charge is 0.480 e. The lowest BCUT2D eigenvalue weighted by Crippen LogP contribution is -2.49. The molecule has 1 saturated carbocycles. The lowest BCUT2D eigenvalue weighted by Gasteiger charge is -2.27. The molecule has 0 aromatic carbocycles. The van der Waals surface area contributed by atoms with Crippen molar-refractivity contribution in [2.75, 3.05) is 26.2 Å². The standard InChI is InChI=1S/C15H28N2O2/c1-3-16-15(2,14(18)19)8-5-9-17-10-12-6-4-7-13(12)11-17/h12-13,16H,3-11H2,1-2H3,(H,18,19). The van der Waals surface area contributed by atoms with E-state index < -0.39 is 11.5 Å². The van der Waals surface area contributed by atoms with Crippen LogP contribution in [0.2, 0.25) is 0 Å². The SMILES string of the molecule is CCNC(C)(CCCN1CC2CCCC2C1)C(=O)O. The summed E-state index contributed by atoms with van der Waals surface area (Å²) < 4.78 is 0. The fourth-order valence-corrected chi connectivity index (χ4v) is 3.83. The summed E-state index contributed by atoms with van der Waals surface area (Å²) in [6, 6.07) is 0. The predicted octanol–water partition coefficient (Wildman–Crippen LogP) is 1.95. The third-order valence-corrected chi connectivity index (χ3v) is 4.99. The molecule has 3 atom stereocenters. The van der Waals surface area contributed by atoms with Crippen LogP contribution in [0.1, 0.15) is 46.0 Å². The lowest BCUT2D eigenvalue weighted by atomic mass is 9.95. The Morgan fingerprint density at radius 3 is 2.53 bits per heavy atom. The Balaban J connectivity index is 1.72. The van der Waals surface area contributed by atoms with Gasteiger partial charge in [-0.3, -0.25) is 4.79 Å². The van der Waals surface area contributed by atoms with Crippen molar-refractivity contribution in [1.82, 2.24) is 10.2 Å². The summed E-state index contributed by atoms with van der Waals surface area (Å²) in [5.74, 6) is 1.13. The summed E-state index contributed by atoms with van der Waals surface area (Å²) in [6.07, 6.45) is 5.91. The molecule has 2 fully saturated rings. The number of rotatable bonds is 7. The number of carboxylic acids is 1. The van der Waals surface area contributed by atoms with Gasteiger partial charge >= 0.3 is 5.97 Å². The number of likely N-dealkylation sites (N-methyl/N-ethyl adjacent to an activating group) is 1. The zero-order valence-electron chi connectivity index (χ0n) is 12.3. The Hall–Kier alpha value is -0.610. The van der Waals surface area contributed by atoms with Gasteiger partial charge in [0.25, 0.3) is 0 Å². The first-order chi connectivity index (χ1) is 9.05. The van der Waals surface area contributed by atoms with Crippen LogP contribution in [0.3, 0.4) is 0 Å². The molecule has 1 saturated heterocycles. The summed E-state index contributed by atoms with van der Waals surface area (Å²) in [5.41, 5.74) is -0.760. The number of nitrogens with one attached hydrogen (secondary N) is 1. The molecule has 0 aromatic heterocycles. The lowest BCUT2D eigenvalue weighted by molar-refractivity contribution is -0.144. The first kappa shape index (κ1) is 14.8. The van der Waals surface area contributed by atoms with Crippen molar-refractivity contribution in [3.05, 3.63) is 0 Å². The van der Waals surface area contributed by atoms with Crippen molar-refractivity contribution >= 4 is 5.97 Å². The molecular weight excluding hydrogens is 240 g/mol. The zero-order valence-corrected chi connectivity index (χ0v) is 12.3. The molecule has 110 valence electrons. The Bertz CT molecular complexity index is 309. The number of carboxylic acid groups (broad SMARTS) is 1. The molecular formula is C15H28N2O2. The number of aliphatic carboxylic acids is 1. The van der Waals surface area contributed by atoms with Crippen LogP contribution in [-0.4, -0.2) is 47.7 Å². The van der Waals surface area contributed by atoms with Gasteiger partial charge in [0.1, 0.15) is 5.54 Å². The molecule has 0 spiro atoms. The molecule has 3 unspecified atom stereocenters. The molecule has 4 nitrogen and oxygen atoms in total. The van der Waals surface area contributed by atoms with E-state index in [9.17, 15) is 9.90 Å². The maximum Gasteiger partial charge on any atom is 0.323 e. The van der Waals surface area contributed by atoms with Crippen LogP contribution >= 0.6 is 0 Å². The number of hydrogen-bond acceptors (Lipinski definition) is 3. The molecule has 1 heterocycles. The zero-order chi connectivity index (χ0) is 13.9. The van der Waals surface area contributed by atoms with Gasteiger partial charge < -0.3 is 15.3 Å². The van der Waals surface area contributed by atoms with Crippen LogP contribution in [-0.2, 0) is 4.79 Å². The summed E-state index contributed by atoms with van der Waals surface area (Å²) in [5, 5.41) is 12.4. The van der Waals surface area contributed by atoms with Crippen molar-refractivity contribution in [3.63, 3.8) is 0 Å². The Labute approximate surface area is 116 Å². The van der Waals surface area contributed by atoms with Gasteiger partial charge in [0.05, 0.1) is 0 Å². The molecule has 19 heavy (non-hydrogen) atoms. The summed E-state index contributed by atoms with van der Waals surface area (Å²) in [7, 11) is 0. The molecule has 0 aromatic rings. The highest BCUT2D eigenvalue weighted by molar-refractivity contribution is 5.78. The molecule has 2 rings (SSSR count). The number of nitrogens with zero attached hydrogens (tertiary/aromatic N) is 1. The number of fused-ring (bicyclic) bond motifs is 1. The predicted molar refractivity (Wildman–Crippen MR) is 76.2 cm³/mol. The summed E-state index contributed by atoms with van der Waals surface area (Å²) in [6.45, 7) is 8.02. The van der Waals surface area contributed by atoms with Crippen LogP contribution in [0.25, 0.3) is 0 Å². The van der Waals surface area contributed by atoms with E-state index in [1.54, 1.807) is 6.92 Å². The van der Waals surface area contributed by atoms with Crippen molar-refractivity contribution in [3.8, 4) is 0 Å². The third-order valence-electron chi connectivity index (χ3n) is 4.99. The Morgan fingerprint density at radius 1 is 1.37 bits per heavy atom. The maximum atomic E-state index is 11.3. The average molecular weight is 268 g/mol. The van der Waals surface area contributed by atoms with Crippen LogP contribution in [0.5, 0.6) is 0 Å². The second kappa shape index (κ2) is 6.23. The van der Waals surface area contributed by atoms with E-state index in [1.807, 2.05) is 6.92 Å². The minimum Gasteiger partial charge on any atom is -0.480 e. The van der Waals surface area contributed by atoms with E-state index in [0.717, 1.165) is 24.8 Å². The van der Waals surface area contributed by atoms with E-state index in [2.05, 4.69) is 10.2 Å². The van der Waals surface area contributed by atoms with Gasteiger partial charge in [0, 0.05) is 13.1 Å². The molecule has 1 aliphatic heterocycles. The highest BCUT2D eigenvalue weighted by Gasteiger charge is 2.36. The molecule has 2 aliphatic rings. The van der Waals surface area contributed by atoms with E-state index in [4.69, 9.17) is 0 Å². The van der Waals surface area contributed by atoms with E-state index in [1.165, 1.54) is 32.4 Å². The van der Waals surface area contributed by atoms with E-state index >= 15 is 0 Å². The molecule has 1 aliphatic carbocycles. The fraction of sp³-hybridized carbons (Fsp3) is 0.933. The molecule has 0 bridgehead atoms. The van der Waals surface area contributed by atoms with Gasteiger partial charge in [-0.2, -0.15) is 0 Å². The highest BCUT2D eigenvalue weighted by atomic mass is 16.4. The Morgan fingerprint density at radius 2 is 2.00 bits per heavy atom. The maximum absolute atomic E-state index is 11.3. The quantitative estimate of drug-likeness (QED) is 0.741. The first-order valence-corrected chi connectivity index (χ1v) is 7.76. The normalized spacial score (nSPS) is 30.2. The number of hydrogen-bond donors (Lipinski definition) is 2. The van der Waals surface area contributed by atoms with Gasteiger partial charge in [-0.25, -0.2) is 0 Å². The first-order valence-electron chi connectivity index (χ1n) is 7.76.